The largest absolute Gasteiger partial charge is 0.391 e. The van der Waals surface area contributed by atoms with E-state index in [2.05, 4.69) is 5.32 Å². The van der Waals surface area contributed by atoms with Gasteiger partial charge in [-0.1, -0.05) is 12.1 Å². The lowest BCUT2D eigenvalue weighted by molar-refractivity contribution is -0.384. The molecule has 0 unspecified atom stereocenters. The van der Waals surface area contributed by atoms with Crippen LogP contribution in [0.5, 0.6) is 0 Å². The van der Waals surface area contributed by atoms with E-state index in [1.807, 2.05) is 0 Å². The Labute approximate surface area is 86.9 Å². The summed E-state index contributed by atoms with van der Waals surface area (Å²) in [7, 11) is 0. The molecule has 1 heterocycles. The van der Waals surface area contributed by atoms with Gasteiger partial charge in [-0.2, -0.15) is 0 Å². The van der Waals surface area contributed by atoms with E-state index in [0.717, 1.165) is 12.1 Å². The van der Waals surface area contributed by atoms with Crippen molar-refractivity contribution in [2.24, 2.45) is 0 Å². The van der Waals surface area contributed by atoms with Crippen LogP contribution in [0.2, 0.25) is 0 Å². The molecule has 1 saturated heterocycles. The molecule has 15 heavy (non-hydrogen) atoms. The van der Waals surface area contributed by atoms with Crippen LogP contribution < -0.4 is 5.32 Å². The highest BCUT2D eigenvalue weighted by atomic mass is 16.6. The maximum Gasteiger partial charge on any atom is 0.269 e. The number of aliphatic hydroxyl groups is 1. The van der Waals surface area contributed by atoms with E-state index in [4.69, 9.17) is 0 Å². The summed E-state index contributed by atoms with van der Waals surface area (Å²) in [6.45, 7) is 0.745. The number of hydrogen-bond acceptors (Lipinski definition) is 4. The second-order valence-corrected chi connectivity index (χ2v) is 3.64. The lowest BCUT2D eigenvalue weighted by Gasteiger charge is -2.14. The second-order valence-electron chi connectivity index (χ2n) is 3.64. The fourth-order valence-corrected chi connectivity index (χ4v) is 1.86. The van der Waals surface area contributed by atoms with Crippen molar-refractivity contribution in [3.05, 3.63) is 39.9 Å². The van der Waals surface area contributed by atoms with Gasteiger partial charge in [-0.15, -0.1) is 0 Å². The van der Waals surface area contributed by atoms with Gasteiger partial charge in [-0.05, 0) is 18.5 Å². The lowest BCUT2D eigenvalue weighted by Crippen LogP contribution is -2.20. The first-order chi connectivity index (χ1) is 7.18. The molecule has 1 aromatic carbocycles. The highest BCUT2D eigenvalue weighted by Crippen LogP contribution is 2.26. The van der Waals surface area contributed by atoms with Crippen LogP contribution in [0.25, 0.3) is 0 Å². The molecule has 0 aliphatic carbocycles. The molecular weight excluding hydrogens is 196 g/mol. The highest BCUT2D eigenvalue weighted by molar-refractivity contribution is 5.36. The fraction of sp³-hybridized carbons (Fsp3) is 0.400. The van der Waals surface area contributed by atoms with Gasteiger partial charge in [0.25, 0.3) is 5.69 Å². The van der Waals surface area contributed by atoms with E-state index in [-0.39, 0.29) is 11.7 Å². The third kappa shape index (κ3) is 1.98. The number of benzene rings is 1. The molecule has 2 N–H and O–H groups in total. The molecule has 1 aromatic rings. The van der Waals surface area contributed by atoms with Crippen molar-refractivity contribution in [1.29, 1.82) is 0 Å². The maximum absolute atomic E-state index is 10.6. The average molecular weight is 208 g/mol. The second kappa shape index (κ2) is 3.96. The van der Waals surface area contributed by atoms with Gasteiger partial charge < -0.3 is 10.4 Å². The first kappa shape index (κ1) is 10.1. The minimum absolute atomic E-state index is 0.0633. The SMILES string of the molecule is O=[N+]([O-])c1cccc([C@H]2NCC[C@@H]2O)c1. The number of nitrogens with one attached hydrogen (secondary N) is 1. The Bertz CT molecular complexity index is 381. The number of non-ortho nitro benzene ring substituents is 1. The first-order valence-electron chi connectivity index (χ1n) is 4.84. The Morgan fingerprint density at radius 3 is 2.93 bits per heavy atom. The van der Waals surface area contributed by atoms with Crippen LogP contribution in [-0.4, -0.2) is 22.7 Å². The van der Waals surface area contributed by atoms with Gasteiger partial charge in [-0.3, -0.25) is 10.1 Å². The molecule has 80 valence electrons. The van der Waals surface area contributed by atoms with Crippen LogP contribution in [0, 0.1) is 10.1 Å². The molecule has 5 nitrogen and oxygen atoms in total. The summed E-state index contributed by atoms with van der Waals surface area (Å²) in [5, 5.41) is 23.3. The standard InChI is InChI=1S/C10H12N2O3/c13-9-4-5-11-10(9)7-2-1-3-8(6-7)12(14)15/h1-3,6,9-11,13H,4-5H2/t9-,10+/m0/s1. The molecule has 2 rings (SSSR count). The molecule has 1 aliphatic rings. The predicted octanol–water partition coefficient (Wildman–Crippen LogP) is 0.990. The van der Waals surface area contributed by atoms with Crippen LogP contribution >= 0.6 is 0 Å². The summed E-state index contributed by atoms with van der Waals surface area (Å²) in [6.07, 6.45) is 0.236. The van der Waals surface area contributed by atoms with E-state index in [9.17, 15) is 15.2 Å². The van der Waals surface area contributed by atoms with Gasteiger partial charge in [0.2, 0.25) is 0 Å². The van der Waals surface area contributed by atoms with Crippen LogP contribution in [0.3, 0.4) is 0 Å². The summed E-state index contributed by atoms with van der Waals surface area (Å²) in [5.74, 6) is 0. The van der Waals surface area contributed by atoms with Gasteiger partial charge in [0.15, 0.2) is 0 Å². The highest BCUT2D eigenvalue weighted by Gasteiger charge is 2.26. The molecule has 1 aliphatic heterocycles. The quantitative estimate of drug-likeness (QED) is 0.561. The third-order valence-corrected chi connectivity index (χ3v) is 2.63. The van der Waals surface area contributed by atoms with E-state index in [0.29, 0.717) is 6.42 Å². The molecule has 0 bridgehead atoms. The smallest absolute Gasteiger partial charge is 0.269 e. The molecule has 0 radical (unpaired) electrons. The number of rotatable bonds is 2. The molecule has 2 atom stereocenters. The molecule has 0 aromatic heterocycles. The Balaban J connectivity index is 2.28. The predicted molar refractivity (Wildman–Crippen MR) is 54.5 cm³/mol. The third-order valence-electron chi connectivity index (χ3n) is 2.63. The van der Waals surface area contributed by atoms with Gasteiger partial charge in [-0.25, -0.2) is 0 Å². The first-order valence-corrected chi connectivity index (χ1v) is 4.84. The van der Waals surface area contributed by atoms with Crippen molar-refractivity contribution in [3.63, 3.8) is 0 Å². The van der Waals surface area contributed by atoms with Crippen molar-refractivity contribution in [2.45, 2.75) is 18.6 Å². The monoisotopic (exact) mass is 208 g/mol. The minimum Gasteiger partial charge on any atom is -0.391 e. The maximum atomic E-state index is 10.6. The molecule has 0 spiro atoms. The van der Waals surface area contributed by atoms with E-state index >= 15 is 0 Å². The summed E-state index contributed by atoms with van der Waals surface area (Å²) in [4.78, 5) is 10.1. The summed E-state index contributed by atoms with van der Waals surface area (Å²) < 4.78 is 0. The van der Waals surface area contributed by atoms with Crippen LogP contribution in [0.4, 0.5) is 5.69 Å². The Kier molecular flexibility index (Phi) is 2.66. The topological polar surface area (TPSA) is 75.4 Å². The zero-order valence-electron chi connectivity index (χ0n) is 8.09. The van der Waals surface area contributed by atoms with Crippen molar-refractivity contribution < 1.29 is 10.0 Å². The van der Waals surface area contributed by atoms with Crippen molar-refractivity contribution in [1.82, 2.24) is 5.32 Å². The normalized spacial score (nSPS) is 25.4. The van der Waals surface area contributed by atoms with Gasteiger partial charge in [0, 0.05) is 12.1 Å². The Morgan fingerprint density at radius 2 is 2.33 bits per heavy atom. The fourth-order valence-electron chi connectivity index (χ4n) is 1.86. The zero-order valence-corrected chi connectivity index (χ0v) is 8.09. The number of nitro benzene ring substituents is 1. The van der Waals surface area contributed by atoms with Gasteiger partial charge in [0.05, 0.1) is 17.1 Å². The number of nitrogens with zero attached hydrogens (tertiary/aromatic N) is 1. The summed E-state index contributed by atoms with van der Waals surface area (Å²) >= 11 is 0. The van der Waals surface area contributed by atoms with Crippen molar-refractivity contribution in [3.8, 4) is 0 Å². The van der Waals surface area contributed by atoms with E-state index < -0.39 is 11.0 Å². The summed E-state index contributed by atoms with van der Waals surface area (Å²) in [6, 6.07) is 6.21. The lowest BCUT2D eigenvalue weighted by atomic mass is 10.0. The zero-order chi connectivity index (χ0) is 10.8. The summed E-state index contributed by atoms with van der Waals surface area (Å²) in [5.41, 5.74) is 0.836. The number of hydrogen-bond donors (Lipinski definition) is 2. The van der Waals surface area contributed by atoms with Crippen molar-refractivity contribution in [2.75, 3.05) is 6.54 Å². The molecule has 0 saturated carbocycles. The van der Waals surface area contributed by atoms with Crippen LogP contribution in [0.1, 0.15) is 18.0 Å². The van der Waals surface area contributed by atoms with Crippen molar-refractivity contribution >= 4 is 5.69 Å². The average Bonchev–Trinajstić information content (AvgIpc) is 2.64. The molecule has 0 amide bonds. The number of nitro groups is 1. The minimum atomic E-state index is -0.452. The number of aliphatic hydroxyl groups excluding tert-OH is 1. The Morgan fingerprint density at radius 1 is 1.53 bits per heavy atom. The molecule has 5 heteroatoms. The van der Waals surface area contributed by atoms with Crippen LogP contribution in [0.15, 0.2) is 24.3 Å². The van der Waals surface area contributed by atoms with Gasteiger partial charge in [0.1, 0.15) is 0 Å². The van der Waals surface area contributed by atoms with E-state index in [1.54, 1.807) is 12.1 Å². The Hall–Kier alpha value is -1.46. The molecule has 1 fully saturated rings. The van der Waals surface area contributed by atoms with Crippen LogP contribution in [-0.2, 0) is 0 Å². The van der Waals surface area contributed by atoms with Gasteiger partial charge >= 0.3 is 0 Å². The molecular formula is C10H12N2O3. The van der Waals surface area contributed by atoms with E-state index in [1.165, 1.54) is 12.1 Å².